The van der Waals surface area contributed by atoms with E-state index in [1.165, 1.54) is 12.3 Å². The van der Waals surface area contributed by atoms with Crippen LogP contribution in [0.3, 0.4) is 0 Å². The highest BCUT2D eigenvalue weighted by atomic mass is 16.5. The van der Waals surface area contributed by atoms with Crippen molar-refractivity contribution >= 4 is 5.91 Å². The molecule has 0 saturated carbocycles. The Kier molecular flexibility index (Phi) is 2.49. The Labute approximate surface area is 85.2 Å². The molecular formula is C9H9N3O3. The Hall–Kier alpha value is -2.11. The predicted octanol–water partition coefficient (Wildman–Crippen LogP) is 0.901. The van der Waals surface area contributed by atoms with Crippen LogP contribution in [0.4, 0.5) is 0 Å². The zero-order valence-electron chi connectivity index (χ0n) is 8.06. The lowest BCUT2D eigenvalue weighted by Crippen LogP contribution is -2.22. The first-order valence-electron chi connectivity index (χ1n) is 4.36. The van der Waals surface area contributed by atoms with Gasteiger partial charge in [-0.1, -0.05) is 10.3 Å². The molecule has 0 aliphatic rings. The molecule has 6 nitrogen and oxygen atoms in total. The number of hydrogen-bond acceptors (Lipinski definition) is 5. The van der Waals surface area contributed by atoms with E-state index in [2.05, 4.69) is 15.6 Å². The molecule has 15 heavy (non-hydrogen) atoms. The maximum absolute atomic E-state index is 11.4. The molecule has 0 aromatic carbocycles. The van der Waals surface area contributed by atoms with E-state index in [1.54, 1.807) is 13.1 Å². The van der Waals surface area contributed by atoms with Crippen LogP contribution in [-0.4, -0.2) is 16.2 Å². The van der Waals surface area contributed by atoms with Crippen molar-refractivity contribution in [2.75, 3.05) is 0 Å². The summed E-state index contributed by atoms with van der Waals surface area (Å²) in [7, 11) is 0. The number of nitrogens with one attached hydrogen (secondary N) is 1. The maximum atomic E-state index is 11.4. The third-order valence-corrected chi connectivity index (χ3v) is 1.95. The lowest BCUT2D eigenvalue weighted by atomic mass is 10.3. The van der Waals surface area contributed by atoms with E-state index < -0.39 is 0 Å². The van der Waals surface area contributed by atoms with Crippen LogP contribution in [0, 0.1) is 6.92 Å². The summed E-state index contributed by atoms with van der Waals surface area (Å²) in [6.45, 7) is 2.14. The van der Waals surface area contributed by atoms with E-state index >= 15 is 0 Å². The minimum Gasteiger partial charge on any atom is -0.361 e. The molecule has 0 radical (unpaired) electrons. The van der Waals surface area contributed by atoms with Gasteiger partial charge in [0.05, 0.1) is 12.4 Å². The molecule has 0 bridgehead atoms. The summed E-state index contributed by atoms with van der Waals surface area (Å²) in [5.41, 5.74) is 0.836. The van der Waals surface area contributed by atoms with Gasteiger partial charge in [0.25, 0.3) is 5.91 Å². The average Bonchev–Trinajstić information content (AvgIpc) is 2.85. The molecule has 2 heterocycles. The minimum atomic E-state index is -0.312. The van der Waals surface area contributed by atoms with Crippen molar-refractivity contribution in [2.45, 2.75) is 13.5 Å². The number of rotatable bonds is 3. The van der Waals surface area contributed by atoms with Crippen molar-refractivity contribution in [3.8, 4) is 0 Å². The summed E-state index contributed by atoms with van der Waals surface area (Å²) >= 11 is 0. The highest BCUT2D eigenvalue weighted by Gasteiger charge is 2.10. The first-order valence-corrected chi connectivity index (χ1v) is 4.36. The zero-order valence-corrected chi connectivity index (χ0v) is 8.06. The number of carbonyl (C=O) groups excluding carboxylic acids is 1. The fraction of sp³-hybridized carbons (Fsp3) is 0.222. The van der Waals surface area contributed by atoms with Crippen molar-refractivity contribution in [1.82, 2.24) is 15.6 Å². The first-order chi connectivity index (χ1) is 7.27. The fourth-order valence-corrected chi connectivity index (χ4v) is 1.08. The molecule has 2 aromatic rings. The van der Waals surface area contributed by atoms with Crippen LogP contribution in [0.15, 0.2) is 27.5 Å². The molecule has 0 fully saturated rings. The zero-order chi connectivity index (χ0) is 10.7. The molecule has 0 aliphatic carbocycles. The molecule has 2 aromatic heterocycles. The van der Waals surface area contributed by atoms with E-state index in [0.717, 1.165) is 5.56 Å². The highest BCUT2D eigenvalue weighted by molar-refractivity contribution is 5.91. The van der Waals surface area contributed by atoms with Gasteiger partial charge in [-0.2, -0.15) is 0 Å². The van der Waals surface area contributed by atoms with Crippen LogP contribution < -0.4 is 5.32 Å². The SMILES string of the molecule is Cc1oncc1CNC(=O)c1ccno1. The van der Waals surface area contributed by atoms with Crippen LogP contribution in [0.5, 0.6) is 0 Å². The van der Waals surface area contributed by atoms with Gasteiger partial charge in [-0.15, -0.1) is 0 Å². The van der Waals surface area contributed by atoms with Crippen molar-refractivity contribution in [3.05, 3.63) is 35.5 Å². The number of carbonyl (C=O) groups is 1. The standard InChI is InChI=1S/C9H9N3O3/c1-6-7(5-12-14-6)4-10-9(13)8-2-3-11-15-8/h2-3,5H,4H2,1H3,(H,10,13). The van der Waals surface area contributed by atoms with E-state index in [0.29, 0.717) is 12.3 Å². The minimum absolute atomic E-state index is 0.184. The van der Waals surface area contributed by atoms with E-state index in [-0.39, 0.29) is 11.7 Å². The summed E-state index contributed by atoms with van der Waals surface area (Å²) in [6, 6.07) is 1.50. The average molecular weight is 207 g/mol. The third-order valence-electron chi connectivity index (χ3n) is 1.95. The third kappa shape index (κ3) is 2.04. The summed E-state index contributed by atoms with van der Waals surface area (Å²) in [6.07, 6.45) is 2.98. The number of aromatic nitrogens is 2. The topological polar surface area (TPSA) is 81.2 Å². The van der Waals surface area contributed by atoms with Crippen LogP contribution in [-0.2, 0) is 6.54 Å². The maximum Gasteiger partial charge on any atom is 0.290 e. The van der Waals surface area contributed by atoms with Gasteiger partial charge in [-0.3, -0.25) is 4.79 Å². The van der Waals surface area contributed by atoms with Gasteiger partial charge in [-0.25, -0.2) is 0 Å². The number of aryl methyl sites for hydroxylation is 1. The monoisotopic (exact) mass is 207 g/mol. The van der Waals surface area contributed by atoms with E-state index in [9.17, 15) is 4.79 Å². The molecule has 1 N–H and O–H groups in total. The molecule has 0 unspecified atom stereocenters. The van der Waals surface area contributed by atoms with Gasteiger partial charge in [0, 0.05) is 18.2 Å². The summed E-state index contributed by atoms with van der Waals surface area (Å²) in [5.74, 6) is 0.560. The van der Waals surface area contributed by atoms with Crippen molar-refractivity contribution in [3.63, 3.8) is 0 Å². The predicted molar refractivity (Wildman–Crippen MR) is 48.9 cm³/mol. The van der Waals surface area contributed by atoms with Crippen molar-refractivity contribution in [1.29, 1.82) is 0 Å². The van der Waals surface area contributed by atoms with Crippen LogP contribution in [0.1, 0.15) is 21.9 Å². The molecule has 0 saturated heterocycles. The number of amides is 1. The summed E-state index contributed by atoms with van der Waals surface area (Å²) in [4.78, 5) is 11.4. The molecule has 78 valence electrons. The second kappa shape index (κ2) is 3.95. The number of nitrogens with zero attached hydrogens (tertiary/aromatic N) is 2. The van der Waals surface area contributed by atoms with Gasteiger partial charge < -0.3 is 14.4 Å². The highest BCUT2D eigenvalue weighted by Crippen LogP contribution is 2.05. The second-order valence-corrected chi connectivity index (χ2v) is 2.97. The molecular weight excluding hydrogens is 198 g/mol. The van der Waals surface area contributed by atoms with E-state index in [1.807, 2.05) is 0 Å². The van der Waals surface area contributed by atoms with Crippen LogP contribution in [0.2, 0.25) is 0 Å². The van der Waals surface area contributed by atoms with Gasteiger partial charge in [0.1, 0.15) is 5.76 Å². The normalized spacial score (nSPS) is 10.2. The molecule has 0 atom stereocenters. The largest absolute Gasteiger partial charge is 0.361 e. The van der Waals surface area contributed by atoms with Crippen molar-refractivity contribution in [2.24, 2.45) is 0 Å². The van der Waals surface area contributed by atoms with Crippen LogP contribution in [0.25, 0.3) is 0 Å². The van der Waals surface area contributed by atoms with Crippen LogP contribution >= 0.6 is 0 Å². The summed E-state index contributed by atoms with van der Waals surface area (Å²) in [5, 5.41) is 9.70. The fourth-order valence-electron chi connectivity index (χ4n) is 1.08. The smallest absolute Gasteiger partial charge is 0.290 e. The molecule has 0 aliphatic heterocycles. The van der Waals surface area contributed by atoms with Gasteiger partial charge in [-0.05, 0) is 6.92 Å². The Morgan fingerprint density at radius 2 is 2.33 bits per heavy atom. The number of hydrogen-bond donors (Lipinski definition) is 1. The lowest BCUT2D eigenvalue weighted by Gasteiger charge is -1.99. The Bertz CT molecular complexity index is 447. The Balaban J connectivity index is 1.95. The van der Waals surface area contributed by atoms with E-state index in [4.69, 9.17) is 9.05 Å². The lowest BCUT2D eigenvalue weighted by molar-refractivity contribution is 0.0914. The molecule has 0 spiro atoms. The van der Waals surface area contributed by atoms with Crippen molar-refractivity contribution < 1.29 is 13.8 Å². The van der Waals surface area contributed by atoms with Gasteiger partial charge in [0.2, 0.25) is 5.76 Å². The molecule has 1 amide bonds. The second-order valence-electron chi connectivity index (χ2n) is 2.97. The van der Waals surface area contributed by atoms with Gasteiger partial charge >= 0.3 is 0 Å². The Morgan fingerprint density at radius 1 is 1.47 bits per heavy atom. The van der Waals surface area contributed by atoms with Gasteiger partial charge in [0.15, 0.2) is 0 Å². The summed E-state index contributed by atoms with van der Waals surface area (Å²) < 4.78 is 9.54. The molecule has 2 rings (SSSR count). The first kappa shape index (κ1) is 9.45. The Morgan fingerprint density at radius 3 is 2.93 bits per heavy atom. The molecule has 6 heteroatoms. The quantitative estimate of drug-likeness (QED) is 0.808.